The Hall–Kier alpha value is -1.62. The van der Waals surface area contributed by atoms with E-state index in [0.29, 0.717) is 18.7 Å². The van der Waals surface area contributed by atoms with Crippen LogP contribution < -0.4 is 0 Å². The van der Waals surface area contributed by atoms with Gasteiger partial charge in [0.1, 0.15) is 11.9 Å². The lowest BCUT2D eigenvalue weighted by Gasteiger charge is -2.32. The second-order valence-electron chi connectivity index (χ2n) is 6.69. The number of aliphatic hydroxyl groups is 2. The van der Waals surface area contributed by atoms with Crippen LogP contribution in [0.5, 0.6) is 0 Å². The number of furan rings is 1. The van der Waals surface area contributed by atoms with Crippen LogP contribution in [0.4, 0.5) is 0 Å². The minimum Gasteiger partial charge on any atom is -0.467 e. The fourth-order valence-electron chi connectivity index (χ4n) is 3.60. The second kappa shape index (κ2) is 8.47. The molecule has 0 amide bonds. The molecule has 130 valence electrons. The summed E-state index contributed by atoms with van der Waals surface area (Å²) in [6.45, 7) is 1.58. The van der Waals surface area contributed by atoms with Crippen molar-refractivity contribution in [3.05, 3.63) is 60.1 Å². The molecule has 0 radical (unpaired) electrons. The van der Waals surface area contributed by atoms with Crippen LogP contribution in [0.25, 0.3) is 0 Å². The van der Waals surface area contributed by atoms with Crippen LogP contribution in [0, 0.1) is 0 Å². The molecule has 4 nitrogen and oxygen atoms in total. The molecule has 1 aromatic carbocycles. The van der Waals surface area contributed by atoms with Gasteiger partial charge in [-0.05, 0) is 43.5 Å². The maximum Gasteiger partial charge on any atom is 0.132 e. The standard InChI is InChI=1S/C20H27NO3/c22-18(20-11-7-13-24-20)14-17-10-5-2-6-12-21(17)15-19(23)16-8-3-1-4-9-16/h1,3-4,7-9,11,13,17-19,22-23H,2,5-6,10,12,14-15H2. The predicted octanol–water partition coefficient (Wildman–Crippen LogP) is 3.68. The van der Waals surface area contributed by atoms with E-state index < -0.39 is 12.2 Å². The molecule has 1 saturated heterocycles. The predicted molar refractivity (Wildman–Crippen MR) is 93.5 cm³/mol. The zero-order valence-corrected chi connectivity index (χ0v) is 14.1. The minimum atomic E-state index is -0.584. The number of hydrogen-bond acceptors (Lipinski definition) is 4. The number of hydrogen-bond donors (Lipinski definition) is 2. The highest BCUT2D eigenvalue weighted by molar-refractivity contribution is 5.17. The average Bonchev–Trinajstić information content (AvgIpc) is 3.07. The largest absolute Gasteiger partial charge is 0.467 e. The number of rotatable bonds is 6. The van der Waals surface area contributed by atoms with Crippen LogP contribution in [0.15, 0.2) is 53.1 Å². The summed E-state index contributed by atoms with van der Waals surface area (Å²) in [5.74, 6) is 0.628. The molecule has 3 rings (SSSR count). The molecular formula is C20H27NO3. The van der Waals surface area contributed by atoms with Crippen molar-refractivity contribution in [2.24, 2.45) is 0 Å². The lowest BCUT2D eigenvalue weighted by atomic mass is 10.0. The van der Waals surface area contributed by atoms with Gasteiger partial charge < -0.3 is 14.6 Å². The van der Waals surface area contributed by atoms with Gasteiger partial charge in [-0.3, -0.25) is 4.90 Å². The first-order valence-electron chi connectivity index (χ1n) is 8.92. The lowest BCUT2D eigenvalue weighted by Crippen LogP contribution is -2.39. The van der Waals surface area contributed by atoms with Gasteiger partial charge in [0.25, 0.3) is 0 Å². The molecule has 0 spiro atoms. The Labute approximate surface area is 143 Å². The Bertz CT molecular complexity index is 584. The minimum absolute atomic E-state index is 0.269. The van der Waals surface area contributed by atoms with Crippen LogP contribution in [0.3, 0.4) is 0 Å². The number of nitrogens with zero attached hydrogens (tertiary/aromatic N) is 1. The molecule has 4 heteroatoms. The van der Waals surface area contributed by atoms with Crippen molar-refractivity contribution < 1.29 is 14.6 Å². The van der Waals surface area contributed by atoms with E-state index >= 15 is 0 Å². The second-order valence-corrected chi connectivity index (χ2v) is 6.69. The molecule has 0 aliphatic carbocycles. The topological polar surface area (TPSA) is 56.8 Å². The van der Waals surface area contributed by atoms with Gasteiger partial charge >= 0.3 is 0 Å². The highest BCUT2D eigenvalue weighted by Gasteiger charge is 2.27. The van der Waals surface area contributed by atoms with Crippen molar-refractivity contribution in [1.29, 1.82) is 0 Å². The van der Waals surface area contributed by atoms with Crippen molar-refractivity contribution in [2.45, 2.75) is 50.4 Å². The third kappa shape index (κ3) is 4.47. The molecule has 1 fully saturated rings. The van der Waals surface area contributed by atoms with E-state index in [0.717, 1.165) is 24.9 Å². The third-order valence-corrected chi connectivity index (χ3v) is 4.96. The highest BCUT2D eigenvalue weighted by Crippen LogP contribution is 2.28. The molecule has 3 atom stereocenters. The Morgan fingerprint density at radius 3 is 2.58 bits per heavy atom. The van der Waals surface area contributed by atoms with E-state index in [1.807, 2.05) is 42.5 Å². The first kappa shape index (κ1) is 17.2. The van der Waals surface area contributed by atoms with E-state index in [-0.39, 0.29) is 6.04 Å². The lowest BCUT2D eigenvalue weighted by molar-refractivity contribution is 0.0529. The molecule has 1 aliphatic heterocycles. The molecule has 2 heterocycles. The summed E-state index contributed by atoms with van der Waals surface area (Å²) in [5.41, 5.74) is 0.951. The Kier molecular flexibility index (Phi) is 6.07. The summed E-state index contributed by atoms with van der Waals surface area (Å²) in [6.07, 6.45) is 5.76. The number of likely N-dealkylation sites (tertiary alicyclic amines) is 1. The monoisotopic (exact) mass is 329 g/mol. The summed E-state index contributed by atoms with van der Waals surface area (Å²) in [7, 11) is 0. The number of benzene rings is 1. The first-order chi connectivity index (χ1) is 11.7. The van der Waals surface area contributed by atoms with Crippen LogP contribution in [-0.4, -0.2) is 34.2 Å². The molecular weight excluding hydrogens is 302 g/mol. The van der Waals surface area contributed by atoms with Crippen molar-refractivity contribution in [3.63, 3.8) is 0 Å². The number of β-amino-alcohol motifs (C(OH)–C–C–N with tert-alkyl or cyclic N) is 1. The van der Waals surface area contributed by atoms with Gasteiger partial charge in [-0.15, -0.1) is 0 Å². The van der Waals surface area contributed by atoms with E-state index in [1.54, 1.807) is 6.26 Å². The zero-order valence-electron chi connectivity index (χ0n) is 14.1. The van der Waals surface area contributed by atoms with E-state index in [4.69, 9.17) is 4.42 Å². The van der Waals surface area contributed by atoms with Gasteiger partial charge in [0, 0.05) is 12.6 Å². The molecule has 1 aromatic heterocycles. The molecule has 0 bridgehead atoms. The molecule has 3 unspecified atom stereocenters. The van der Waals surface area contributed by atoms with Crippen LogP contribution in [0.2, 0.25) is 0 Å². The quantitative estimate of drug-likeness (QED) is 0.849. The fourth-order valence-corrected chi connectivity index (χ4v) is 3.60. The van der Waals surface area contributed by atoms with Gasteiger partial charge in [-0.2, -0.15) is 0 Å². The third-order valence-electron chi connectivity index (χ3n) is 4.96. The van der Waals surface area contributed by atoms with Crippen molar-refractivity contribution >= 4 is 0 Å². The van der Waals surface area contributed by atoms with Crippen molar-refractivity contribution in [1.82, 2.24) is 4.90 Å². The molecule has 1 aliphatic rings. The Balaban J connectivity index is 1.66. The Morgan fingerprint density at radius 2 is 1.83 bits per heavy atom. The van der Waals surface area contributed by atoms with Gasteiger partial charge in [0.15, 0.2) is 0 Å². The van der Waals surface area contributed by atoms with Gasteiger partial charge in [0.2, 0.25) is 0 Å². The smallest absolute Gasteiger partial charge is 0.132 e. The first-order valence-corrected chi connectivity index (χ1v) is 8.92. The molecule has 2 aromatic rings. The van der Waals surface area contributed by atoms with Crippen LogP contribution >= 0.6 is 0 Å². The van der Waals surface area contributed by atoms with Gasteiger partial charge in [-0.1, -0.05) is 43.2 Å². The fraction of sp³-hybridized carbons (Fsp3) is 0.500. The summed E-state index contributed by atoms with van der Waals surface area (Å²) in [5, 5.41) is 21.0. The summed E-state index contributed by atoms with van der Waals surface area (Å²) < 4.78 is 5.34. The summed E-state index contributed by atoms with van der Waals surface area (Å²) >= 11 is 0. The van der Waals surface area contributed by atoms with Gasteiger partial charge in [0.05, 0.1) is 12.4 Å². The SMILES string of the molecule is OC(CN1CCCCCC1CC(O)c1ccco1)c1ccccc1. The molecule has 2 N–H and O–H groups in total. The van der Waals surface area contributed by atoms with Crippen LogP contribution in [0.1, 0.15) is 55.6 Å². The highest BCUT2D eigenvalue weighted by atomic mass is 16.4. The normalized spacial score (nSPS) is 22.0. The van der Waals surface area contributed by atoms with Crippen LogP contribution in [-0.2, 0) is 0 Å². The van der Waals surface area contributed by atoms with Crippen molar-refractivity contribution in [3.8, 4) is 0 Å². The zero-order chi connectivity index (χ0) is 16.8. The summed E-state index contributed by atoms with van der Waals surface area (Å²) in [4.78, 5) is 2.34. The van der Waals surface area contributed by atoms with Crippen molar-refractivity contribution in [2.75, 3.05) is 13.1 Å². The van der Waals surface area contributed by atoms with E-state index in [1.165, 1.54) is 12.8 Å². The summed E-state index contributed by atoms with van der Waals surface area (Å²) in [6, 6.07) is 13.7. The van der Waals surface area contributed by atoms with E-state index in [2.05, 4.69) is 4.90 Å². The van der Waals surface area contributed by atoms with Gasteiger partial charge in [-0.25, -0.2) is 0 Å². The molecule has 24 heavy (non-hydrogen) atoms. The maximum absolute atomic E-state index is 10.6. The maximum atomic E-state index is 10.6. The number of aliphatic hydroxyl groups excluding tert-OH is 2. The Morgan fingerprint density at radius 1 is 1.00 bits per heavy atom. The van der Waals surface area contributed by atoms with E-state index in [9.17, 15) is 10.2 Å². The average molecular weight is 329 g/mol. The molecule has 0 saturated carbocycles.